The molecule has 0 unspecified atom stereocenters. The van der Waals surface area contributed by atoms with Crippen LogP contribution in [0.4, 0.5) is 13.2 Å². The number of amides is 1. The molecule has 0 saturated heterocycles. The topological polar surface area (TPSA) is 83.7 Å². The first kappa shape index (κ1) is 23.8. The second-order valence-electron chi connectivity index (χ2n) is 7.64. The van der Waals surface area contributed by atoms with E-state index in [1.54, 1.807) is 12.1 Å². The molecule has 33 heavy (non-hydrogen) atoms. The van der Waals surface area contributed by atoms with E-state index in [-0.39, 0.29) is 17.5 Å². The molecule has 0 aliphatic carbocycles. The molecule has 1 amide bonds. The maximum Gasteiger partial charge on any atom is 0.416 e. The minimum Gasteiger partial charge on any atom is -0.478 e. The van der Waals surface area contributed by atoms with Gasteiger partial charge in [-0.3, -0.25) is 4.79 Å². The van der Waals surface area contributed by atoms with Crippen LogP contribution in [0, 0.1) is 20.8 Å². The molecular formula is C24H22F3N3O3. The zero-order chi connectivity index (χ0) is 24.3. The number of aromatic carboxylic acids is 1. The van der Waals surface area contributed by atoms with E-state index >= 15 is 0 Å². The second-order valence-corrected chi connectivity index (χ2v) is 7.64. The number of carboxylic acid groups (broad SMARTS) is 1. The fraction of sp³-hybridized carbons (Fsp3) is 0.208. The number of carboxylic acids is 1. The molecule has 0 radical (unpaired) electrons. The van der Waals surface area contributed by atoms with Crippen molar-refractivity contribution < 1.29 is 27.9 Å². The lowest BCUT2D eigenvalue weighted by atomic mass is 10.1. The van der Waals surface area contributed by atoms with Crippen molar-refractivity contribution >= 4 is 18.1 Å². The van der Waals surface area contributed by atoms with Crippen LogP contribution in [0.2, 0.25) is 0 Å². The SMILES string of the molecule is Cc1cc(C(=O)O)ccc1-n1c(C)cc(/C=N\NC(=O)Cc2cccc(C(F)(F)F)c2)c1C. The lowest BCUT2D eigenvalue weighted by molar-refractivity contribution is -0.137. The Bertz CT molecular complexity index is 1240. The Morgan fingerprint density at radius 1 is 1.09 bits per heavy atom. The van der Waals surface area contributed by atoms with Gasteiger partial charge in [0, 0.05) is 22.6 Å². The number of benzene rings is 2. The van der Waals surface area contributed by atoms with Crippen LogP contribution < -0.4 is 5.43 Å². The van der Waals surface area contributed by atoms with E-state index in [1.807, 2.05) is 31.4 Å². The highest BCUT2D eigenvalue weighted by Gasteiger charge is 2.30. The molecule has 1 aromatic heterocycles. The molecule has 6 nitrogen and oxygen atoms in total. The minimum atomic E-state index is -4.47. The maximum atomic E-state index is 12.8. The third kappa shape index (κ3) is 5.49. The summed E-state index contributed by atoms with van der Waals surface area (Å²) in [7, 11) is 0. The number of hydrogen-bond donors (Lipinski definition) is 2. The molecule has 3 aromatic rings. The molecule has 0 aliphatic heterocycles. The first-order valence-corrected chi connectivity index (χ1v) is 9.98. The fourth-order valence-corrected chi connectivity index (χ4v) is 3.58. The highest BCUT2D eigenvalue weighted by Crippen LogP contribution is 2.29. The molecule has 2 N–H and O–H groups in total. The van der Waals surface area contributed by atoms with Gasteiger partial charge in [0.05, 0.1) is 23.8 Å². The number of nitrogens with zero attached hydrogens (tertiary/aromatic N) is 2. The van der Waals surface area contributed by atoms with Crippen LogP contribution in [0.1, 0.15) is 44.0 Å². The Hall–Kier alpha value is -3.88. The van der Waals surface area contributed by atoms with Crippen LogP contribution >= 0.6 is 0 Å². The fourth-order valence-electron chi connectivity index (χ4n) is 3.58. The molecule has 0 atom stereocenters. The van der Waals surface area contributed by atoms with E-state index in [4.69, 9.17) is 5.11 Å². The number of carbonyl (C=O) groups excluding carboxylic acids is 1. The number of carbonyl (C=O) groups is 2. The number of alkyl halides is 3. The summed E-state index contributed by atoms with van der Waals surface area (Å²) in [4.78, 5) is 23.3. The Morgan fingerprint density at radius 2 is 1.82 bits per heavy atom. The molecule has 0 saturated carbocycles. The minimum absolute atomic E-state index is 0.198. The van der Waals surface area contributed by atoms with Crippen LogP contribution in [-0.4, -0.2) is 27.8 Å². The summed E-state index contributed by atoms with van der Waals surface area (Å²) in [6.07, 6.45) is -3.25. The largest absolute Gasteiger partial charge is 0.478 e. The maximum absolute atomic E-state index is 12.8. The summed E-state index contributed by atoms with van der Waals surface area (Å²) in [6.45, 7) is 5.58. The van der Waals surface area contributed by atoms with Crippen LogP contribution in [0.3, 0.4) is 0 Å². The van der Waals surface area contributed by atoms with Gasteiger partial charge in [-0.1, -0.05) is 18.2 Å². The Kier molecular flexibility index (Phi) is 6.71. The van der Waals surface area contributed by atoms with Crippen molar-refractivity contribution in [2.75, 3.05) is 0 Å². The molecule has 2 aromatic carbocycles. The molecule has 0 fully saturated rings. The average molecular weight is 457 g/mol. The van der Waals surface area contributed by atoms with E-state index in [0.717, 1.165) is 40.3 Å². The van der Waals surface area contributed by atoms with Crippen molar-refractivity contribution in [1.29, 1.82) is 0 Å². The number of rotatable bonds is 6. The molecule has 9 heteroatoms. The van der Waals surface area contributed by atoms with Crippen LogP contribution in [-0.2, 0) is 17.4 Å². The zero-order valence-corrected chi connectivity index (χ0v) is 18.2. The Morgan fingerprint density at radius 3 is 2.45 bits per heavy atom. The van der Waals surface area contributed by atoms with Gasteiger partial charge in [0.2, 0.25) is 5.91 Å². The van der Waals surface area contributed by atoms with Gasteiger partial charge in [-0.2, -0.15) is 18.3 Å². The summed E-state index contributed by atoms with van der Waals surface area (Å²) < 4.78 is 40.4. The van der Waals surface area contributed by atoms with Crippen molar-refractivity contribution in [2.24, 2.45) is 5.10 Å². The molecule has 172 valence electrons. The quantitative estimate of drug-likeness (QED) is 0.412. The van der Waals surface area contributed by atoms with Gasteiger partial charge in [-0.25, -0.2) is 10.2 Å². The summed E-state index contributed by atoms with van der Waals surface area (Å²) in [6, 6.07) is 11.3. The summed E-state index contributed by atoms with van der Waals surface area (Å²) in [5, 5.41) is 13.1. The van der Waals surface area contributed by atoms with Gasteiger partial charge < -0.3 is 9.67 Å². The predicted molar refractivity (Wildman–Crippen MR) is 118 cm³/mol. The predicted octanol–water partition coefficient (Wildman–Crippen LogP) is 4.81. The van der Waals surface area contributed by atoms with E-state index in [2.05, 4.69) is 10.5 Å². The standard InChI is InChI=1S/C24H22F3N3O3/c1-14-9-18(23(32)33)7-8-21(14)30-15(2)10-19(16(30)3)13-28-29-22(31)12-17-5-4-6-20(11-17)24(25,26)27/h4-11,13H,12H2,1-3H3,(H,29,31)(H,32,33)/b28-13-. The van der Waals surface area contributed by atoms with Crippen LogP contribution in [0.5, 0.6) is 0 Å². The highest BCUT2D eigenvalue weighted by molar-refractivity contribution is 5.88. The van der Waals surface area contributed by atoms with Gasteiger partial charge in [-0.15, -0.1) is 0 Å². The summed E-state index contributed by atoms with van der Waals surface area (Å²) in [5.74, 6) is -1.54. The lowest BCUT2D eigenvalue weighted by Gasteiger charge is -2.13. The van der Waals surface area contributed by atoms with Gasteiger partial charge in [0.25, 0.3) is 0 Å². The van der Waals surface area contributed by atoms with Gasteiger partial charge in [-0.05, 0) is 62.2 Å². The van der Waals surface area contributed by atoms with E-state index in [0.29, 0.717) is 0 Å². The van der Waals surface area contributed by atoms with Crippen LogP contribution in [0.15, 0.2) is 53.6 Å². The molecular weight excluding hydrogens is 435 g/mol. The Labute approximate surface area is 188 Å². The summed E-state index contributed by atoms with van der Waals surface area (Å²) in [5.41, 5.74) is 6.01. The van der Waals surface area contributed by atoms with Crippen molar-refractivity contribution in [3.63, 3.8) is 0 Å². The van der Waals surface area contributed by atoms with E-state index in [9.17, 15) is 22.8 Å². The van der Waals surface area contributed by atoms with Crippen LogP contribution in [0.25, 0.3) is 5.69 Å². The number of halogens is 3. The smallest absolute Gasteiger partial charge is 0.416 e. The van der Waals surface area contributed by atoms with Crippen molar-refractivity contribution in [1.82, 2.24) is 9.99 Å². The van der Waals surface area contributed by atoms with Crippen molar-refractivity contribution in [3.8, 4) is 5.69 Å². The molecule has 0 aliphatic rings. The monoisotopic (exact) mass is 457 g/mol. The number of aryl methyl sites for hydroxylation is 2. The third-order valence-electron chi connectivity index (χ3n) is 5.17. The Balaban J connectivity index is 1.73. The molecule has 1 heterocycles. The molecule has 0 bridgehead atoms. The van der Waals surface area contributed by atoms with Gasteiger partial charge >= 0.3 is 12.1 Å². The van der Waals surface area contributed by atoms with Gasteiger partial charge in [0.1, 0.15) is 0 Å². The second kappa shape index (κ2) is 9.32. The highest BCUT2D eigenvalue weighted by atomic mass is 19.4. The number of nitrogens with one attached hydrogen (secondary N) is 1. The number of aromatic nitrogens is 1. The zero-order valence-electron chi connectivity index (χ0n) is 18.2. The first-order chi connectivity index (χ1) is 15.5. The van der Waals surface area contributed by atoms with Gasteiger partial charge in [0.15, 0.2) is 0 Å². The van der Waals surface area contributed by atoms with E-state index in [1.165, 1.54) is 24.4 Å². The average Bonchev–Trinajstić information content (AvgIpc) is 3.00. The molecule has 3 rings (SSSR count). The normalized spacial score (nSPS) is 11.7. The van der Waals surface area contributed by atoms with Crippen molar-refractivity contribution in [2.45, 2.75) is 33.4 Å². The first-order valence-electron chi connectivity index (χ1n) is 9.98. The third-order valence-corrected chi connectivity index (χ3v) is 5.17. The number of hydrogen-bond acceptors (Lipinski definition) is 3. The van der Waals surface area contributed by atoms with Crippen molar-refractivity contribution in [3.05, 3.63) is 87.7 Å². The van der Waals surface area contributed by atoms with E-state index < -0.39 is 23.6 Å². The molecule has 0 spiro atoms. The number of hydrazone groups is 1. The lowest BCUT2D eigenvalue weighted by Crippen LogP contribution is -2.20. The summed E-state index contributed by atoms with van der Waals surface area (Å²) >= 11 is 0.